The molecule has 0 radical (unpaired) electrons. The lowest BCUT2D eigenvalue weighted by atomic mass is 9.47. The zero-order chi connectivity index (χ0) is 19.2. The predicted octanol–water partition coefficient (Wildman–Crippen LogP) is 0.741. The van der Waals surface area contributed by atoms with E-state index >= 15 is 0 Å². The number of hydrogen-bond donors (Lipinski definition) is 3. The highest BCUT2D eigenvalue weighted by atomic mass is 16.6. The molecule has 142 valence electrons. The van der Waals surface area contributed by atoms with Crippen LogP contribution >= 0.6 is 0 Å². The molecular weight excluding hydrogens is 340 g/mol. The highest BCUT2D eigenvalue weighted by Gasteiger charge is 2.72. The lowest BCUT2D eigenvalue weighted by Gasteiger charge is -2.56. The zero-order valence-corrected chi connectivity index (χ0v) is 15.2. The Labute approximate surface area is 150 Å². The number of rotatable bonds is 1. The molecule has 1 aromatic rings. The van der Waals surface area contributed by atoms with Crippen LogP contribution < -0.4 is 5.63 Å². The average molecular weight is 364 g/mol. The molecular formula is C19H24O7. The molecule has 7 heteroatoms. The van der Waals surface area contributed by atoms with Gasteiger partial charge in [-0.25, -0.2) is 4.79 Å². The molecule has 2 heterocycles. The van der Waals surface area contributed by atoms with Gasteiger partial charge < -0.3 is 24.5 Å². The summed E-state index contributed by atoms with van der Waals surface area (Å²) in [4.78, 5) is 24.9. The molecule has 1 saturated carbocycles. The van der Waals surface area contributed by atoms with Crippen LogP contribution in [0.25, 0.3) is 0 Å². The van der Waals surface area contributed by atoms with Crippen molar-refractivity contribution in [1.29, 1.82) is 0 Å². The number of aliphatic hydroxyl groups excluding tert-OH is 3. The minimum atomic E-state index is -1.26. The monoisotopic (exact) mass is 364 g/mol. The molecule has 7 atom stereocenters. The SMILES string of the molecule is CC(C)c1oc(=O)cc2c1[C@@H](O)C1OC(=O)[C@]3(C)C1[C@]2(C)[C@H](O)C[C@@H]3O. The van der Waals surface area contributed by atoms with E-state index in [0.717, 1.165) is 0 Å². The van der Waals surface area contributed by atoms with Crippen LogP contribution in [0.4, 0.5) is 0 Å². The first-order chi connectivity index (χ1) is 12.0. The van der Waals surface area contributed by atoms with Crippen LogP contribution in [0.2, 0.25) is 0 Å². The van der Waals surface area contributed by atoms with Crippen molar-refractivity contribution in [2.24, 2.45) is 11.3 Å². The van der Waals surface area contributed by atoms with E-state index in [1.165, 1.54) is 6.07 Å². The molecule has 0 aromatic carbocycles. The number of carbonyl (C=O) groups is 1. The molecule has 3 N–H and O–H groups in total. The van der Waals surface area contributed by atoms with Gasteiger partial charge >= 0.3 is 11.6 Å². The van der Waals surface area contributed by atoms with Gasteiger partial charge in [-0.1, -0.05) is 20.8 Å². The Balaban J connectivity index is 2.07. The molecule has 1 saturated heterocycles. The molecule has 0 bridgehead atoms. The molecule has 1 aliphatic heterocycles. The second-order valence-electron chi connectivity index (χ2n) is 8.54. The molecule has 3 aliphatic rings. The number of ether oxygens (including phenoxy) is 1. The number of hydrogen-bond acceptors (Lipinski definition) is 7. The first-order valence-corrected chi connectivity index (χ1v) is 8.98. The Kier molecular flexibility index (Phi) is 3.53. The van der Waals surface area contributed by atoms with Gasteiger partial charge in [-0.05, 0) is 12.5 Å². The smallest absolute Gasteiger partial charge is 0.336 e. The maximum Gasteiger partial charge on any atom is 0.336 e. The van der Waals surface area contributed by atoms with Gasteiger partial charge in [0.15, 0.2) is 0 Å². The van der Waals surface area contributed by atoms with Crippen LogP contribution in [0.5, 0.6) is 0 Å². The van der Waals surface area contributed by atoms with Crippen molar-refractivity contribution in [3.05, 3.63) is 33.4 Å². The molecule has 2 aliphatic carbocycles. The Morgan fingerprint density at radius 1 is 1.12 bits per heavy atom. The molecule has 4 rings (SSSR count). The molecule has 0 amide bonds. The fraction of sp³-hybridized carbons (Fsp3) is 0.684. The molecule has 2 unspecified atom stereocenters. The normalized spacial score (nSPS) is 43.8. The quantitative estimate of drug-likeness (QED) is 0.629. The summed E-state index contributed by atoms with van der Waals surface area (Å²) in [5.74, 6) is -1.09. The van der Waals surface area contributed by atoms with Crippen LogP contribution in [0.15, 0.2) is 15.3 Å². The summed E-state index contributed by atoms with van der Waals surface area (Å²) in [6.07, 6.45) is -4.21. The summed E-state index contributed by atoms with van der Waals surface area (Å²) >= 11 is 0. The Hall–Kier alpha value is -1.70. The van der Waals surface area contributed by atoms with Crippen molar-refractivity contribution in [3.63, 3.8) is 0 Å². The van der Waals surface area contributed by atoms with E-state index in [2.05, 4.69) is 0 Å². The van der Waals surface area contributed by atoms with E-state index in [-0.39, 0.29) is 12.3 Å². The molecule has 26 heavy (non-hydrogen) atoms. The first kappa shape index (κ1) is 17.7. The topological polar surface area (TPSA) is 117 Å². The minimum absolute atomic E-state index is 0.0158. The van der Waals surface area contributed by atoms with Gasteiger partial charge in [0.05, 0.1) is 17.6 Å². The third kappa shape index (κ3) is 1.83. The van der Waals surface area contributed by atoms with Crippen LogP contribution in [0.3, 0.4) is 0 Å². The molecule has 1 aromatic heterocycles. The third-order valence-electron chi connectivity index (χ3n) is 6.87. The summed E-state index contributed by atoms with van der Waals surface area (Å²) in [5.41, 5.74) is -1.96. The van der Waals surface area contributed by atoms with Crippen molar-refractivity contribution >= 4 is 5.97 Å². The summed E-state index contributed by atoms with van der Waals surface area (Å²) in [7, 11) is 0. The minimum Gasteiger partial charge on any atom is -0.458 e. The summed E-state index contributed by atoms with van der Waals surface area (Å²) < 4.78 is 10.9. The summed E-state index contributed by atoms with van der Waals surface area (Å²) in [6.45, 7) is 7.06. The predicted molar refractivity (Wildman–Crippen MR) is 89.5 cm³/mol. The Bertz CT molecular complexity index is 843. The van der Waals surface area contributed by atoms with E-state index in [1.54, 1.807) is 13.8 Å². The average Bonchev–Trinajstić information content (AvgIpc) is 2.84. The lowest BCUT2D eigenvalue weighted by molar-refractivity contribution is -0.160. The van der Waals surface area contributed by atoms with Crippen molar-refractivity contribution in [1.82, 2.24) is 0 Å². The van der Waals surface area contributed by atoms with Crippen LogP contribution in [0.1, 0.15) is 63.0 Å². The fourth-order valence-corrected chi connectivity index (χ4v) is 5.46. The standard InChI is InChI=1S/C19H24O7/c1-7(2)14-12-8(5-11(22)25-14)18(3)9(20)6-10(21)19(4)16(18)15(13(12)23)26-17(19)24/h5,7,9-10,13,15-16,20-21,23H,6H2,1-4H3/t9-,10+,13-,15?,16?,18+,19+/m1/s1. The fourth-order valence-electron chi connectivity index (χ4n) is 5.46. The summed E-state index contributed by atoms with van der Waals surface area (Å²) in [5, 5.41) is 32.5. The van der Waals surface area contributed by atoms with Crippen LogP contribution in [0, 0.1) is 11.3 Å². The summed E-state index contributed by atoms with van der Waals surface area (Å²) in [6, 6.07) is 1.30. The zero-order valence-electron chi connectivity index (χ0n) is 15.2. The van der Waals surface area contributed by atoms with E-state index in [4.69, 9.17) is 9.15 Å². The van der Waals surface area contributed by atoms with Crippen molar-refractivity contribution < 1.29 is 29.3 Å². The molecule has 0 spiro atoms. The third-order valence-corrected chi connectivity index (χ3v) is 6.87. The van der Waals surface area contributed by atoms with Crippen molar-refractivity contribution in [2.75, 3.05) is 0 Å². The largest absolute Gasteiger partial charge is 0.458 e. The van der Waals surface area contributed by atoms with Gasteiger partial charge in [0.25, 0.3) is 0 Å². The first-order valence-electron chi connectivity index (χ1n) is 8.98. The number of fused-ring (bicyclic) bond motifs is 2. The Morgan fingerprint density at radius 3 is 2.35 bits per heavy atom. The second-order valence-corrected chi connectivity index (χ2v) is 8.54. The highest BCUT2D eigenvalue weighted by molar-refractivity contribution is 5.81. The number of carbonyl (C=O) groups excluding carboxylic acids is 1. The van der Waals surface area contributed by atoms with Crippen LogP contribution in [-0.2, 0) is 14.9 Å². The van der Waals surface area contributed by atoms with E-state index in [0.29, 0.717) is 16.9 Å². The van der Waals surface area contributed by atoms with Gasteiger partial charge in [-0.15, -0.1) is 0 Å². The Morgan fingerprint density at radius 2 is 1.73 bits per heavy atom. The van der Waals surface area contributed by atoms with E-state index in [1.807, 2.05) is 13.8 Å². The van der Waals surface area contributed by atoms with Crippen LogP contribution in [-0.4, -0.2) is 39.6 Å². The van der Waals surface area contributed by atoms with Gasteiger partial charge in [0.2, 0.25) is 0 Å². The van der Waals surface area contributed by atoms with E-state index in [9.17, 15) is 24.9 Å². The maximum atomic E-state index is 12.7. The number of aliphatic hydroxyl groups is 3. The van der Waals surface area contributed by atoms with Crippen molar-refractivity contribution in [2.45, 2.75) is 69.9 Å². The molecule has 2 fully saturated rings. The second kappa shape index (κ2) is 5.18. The number of esters is 1. The van der Waals surface area contributed by atoms with Gasteiger partial charge in [0, 0.05) is 35.3 Å². The van der Waals surface area contributed by atoms with Gasteiger partial charge in [-0.2, -0.15) is 0 Å². The lowest BCUT2D eigenvalue weighted by Crippen LogP contribution is -2.64. The molecule has 7 nitrogen and oxygen atoms in total. The maximum absolute atomic E-state index is 12.7. The van der Waals surface area contributed by atoms with Crippen molar-refractivity contribution in [3.8, 4) is 0 Å². The highest BCUT2D eigenvalue weighted by Crippen LogP contribution is 2.63. The van der Waals surface area contributed by atoms with E-state index < -0.39 is 52.8 Å². The van der Waals surface area contributed by atoms with Gasteiger partial charge in [-0.3, -0.25) is 4.79 Å². The van der Waals surface area contributed by atoms with Gasteiger partial charge in [0.1, 0.15) is 18.0 Å².